The van der Waals surface area contributed by atoms with Crippen molar-refractivity contribution in [3.05, 3.63) is 58.1 Å². The van der Waals surface area contributed by atoms with E-state index in [1.807, 2.05) is 6.92 Å². The molecule has 1 unspecified atom stereocenters. The Morgan fingerprint density at radius 3 is 2.19 bits per heavy atom. The van der Waals surface area contributed by atoms with Crippen molar-refractivity contribution in [3.8, 4) is 11.5 Å². The number of phenols is 2. The van der Waals surface area contributed by atoms with Gasteiger partial charge in [0.15, 0.2) is 11.6 Å². The highest BCUT2D eigenvalue weighted by atomic mass is 16.5. The van der Waals surface area contributed by atoms with Crippen molar-refractivity contribution >= 4 is 17.5 Å². The third-order valence-electron chi connectivity index (χ3n) is 4.39. The van der Waals surface area contributed by atoms with Crippen LogP contribution in [0.2, 0.25) is 0 Å². The van der Waals surface area contributed by atoms with Crippen LogP contribution in [-0.4, -0.2) is 27.7 Å². The molecule has 2 aromatic carbocycles. The van der Waals surface area contributed by atoms with Crippen molar-refractivity contribution in [2.24, 2.45) is 0 Å². The molecule has 1 aliphatic carbocycles. The van der Waals surface area contributed by atoms with Crippen LogP contribution >= 0.6 is 0 Å². The quantitative estimate of drug-likeness (QED) is 0.551. The van der Waals surface area contributed by atoms with Gasteiger partial charge in [-0.3, -0.25) is 14.4 Å². The van der Waals surface area contributed by atoms with Gasteiger partial charge in [0.2, 0.25) is 0 Å². The van der Waals surface area contributed by atoms with Crippen molar-refractivity contribution in [1.29, 1.82) is 0 Å². The lowest BCUT2D eigenvalue weighted by molar-refractivity contribution is -0.147. The van der Waals surface area contributed by atoms with Crippen LogP contribution in [0.4, 0.5) is 0 Å². The van der Waals surface area contributed by atoms with Gasteiger partial charge < -0.3 is 14.9 Å². The second-order valence-corrected chi connectivity index (χ2v) is 6.17. The van der Waals surface area contributed by atoms with Gasteiger partial charge in [-0.1, -0.05) is 37.6 Å². The Morgan fingerprint density at radius 1 is 1.08 bits per heavy atom. The van der Waals surface area contributed by atoms with Crippen LogP contribution in [0.5, 0.6) is 11.5 Å². The van der Waals surface area contributed by atoms with E-state index in [1.54, 1.807) is 12.1 Å². The van der Waals surface area contributed by atoms with Crippen LogP contribution in [0.25, 0.3) is 0 Å². The number of rotatable bonds is 4. The molecule has 6 heteroatoms. The molecule has 134 valence electrons. The lowest BCUT2D eigenvalue weighted by atomic mass is 9.81. The number of hydrogen-bond donors (Lipinski definition) is 2. The summed E-state index contributed by atoms with van der Waals surface area (Å²) in [7, 11) is 0. The fraction of sp³-hybridized carbons (Fsp3) is 0.250. The van der Waals surface area contributed by atoms with E-state index in [4.69, 9.17) is 4.74 Å². The van der Waals surface area contributed by atoms with Crippen LogP contribution in [-0.2, 0) is 9.53 Å². The summed E-state index contributed by atoms with van der Waals surface area (Å²) in [6, 6.07) is 7.43. The van der Waals surface area contributed by atoms with E-state index in [9.17, 15) is 24.6 Å². The molecular weight excluding hydrogens is 336 g/mol. The molecule has 0 spiro atoms. The molecule has 0 heterocycles. The lowest BCUT2D eigenvalue weighted by Crippen LogP contribution is -2.22. The summed E-state index contributed by atoms with van der Waals surface area (Å²) < 4.78 is 5.23. The normalized spacial score (nSPS) is 13.8. The van der Waals surface area contributed by atoms with Crippen molar-refractivity contribution in [2.75, 3.05) is 0 Å². The smallest absolute Gasteiger partial charge is 0.303 e. The molecule has 0 amide bonds. The van der Waals surface area contributed by atoms with Gasteiger partial charge in [0.05, 0.1) is 11.1 Å². The third-order valence-corrected chi connectivity index (χ3v) is 4.39. The molecule has 1 atom stereocenters. The Bertz CT molecular complexity index is 928. The van der Waals surface area contributed by atoms with E-state index < -0.39 is 35.1 Å². The average Bonchev–Trinajstić information content (AvgIpc) is 2.60. The summed E-state index contributed by atoms with van der Waals surface area (Å²) in [6.07, 6.45) is 0.212. The fourth-order valence-electron chi connectivity index (χ4n) is 3.26. The van der Waals surface area contributed by atoms with Gasteiger partial charge in [0, 0.05) is 23.6 Å². The molecule has 0 aliphatic heterocycles. The van der Waals surface area contributed by atoms with Gasteiger partial charge >= 0.3 is 5.97 Å². The second kappa shape index (κ2) is 6.63. The standard InChI is InChI=1S/C20H18O6/c1-3-6-15(26-10(2)21)13-9-14(22)16-17(20(13)25)19(24)12-8-5-4-7-11(12)18(16)23/h4-5,7-9,15,22,25H,3,6H2,1-2H3. The highest BCUT2D eigenvalue weighted by Crippen LogP contribution is 2.43. The number of carbonyl (C=O) groups excluding carboxylic acids is 3. The van der Waals surface area contributed by atoms with Crippen LogP contribution in [0.15, 0.2) is 30.3 Å². The molecule has 0 fully saturated rings. The summed E-state index contributed by atoms with van der Waals surface area (Å²) in [5, 5.41) is 21.1. The number of fused-ring (bicyclic) bond motifs is 2. The topological polar surface area (TPSA) is 101 Å². The summed E-state index contributed by atoms with van der Waals surface area (Å²) in [4.78, 5) is 36.9. The molecule has 26 heavy (non-hydrogen) atoms. The maximum absolute atomic E-state index is 12.9. The van der Waals surface area contributed by atoms with Gasteiger partial charge in [0.1, 0.15) is 17.6 Å². The Balaban J connectivity index is 2.22. The summed E-state index contributed by atoms with van der Waals surface area (Å²) >= 11 is 0. The molecule has 3 rings (SSSR count). The Labute approximate surface area is 150 Å². The Morgan fingerprint density at radius 2 is 1.65 bits per heavy atom. The van der Waals surface area contributed by atoms with Gasteiger partial charge in [-0.05, 0) is 12.5 Å². The molecule has 1 aliphatic rings. The number of ether oxygens (including phenoxy) is 1. The number of hydrogen-bond acceptors (Lipinski definition) is 6. The molecule has 0 saturated heterocycles. The predicted molar refractivity (Wildman–Crippen MR) is 92.5 cm³/mol. The first-order chi connectivity index (χ1) is 12.4. The molecule has 2 aromatic rings. The minimum absolute atomic E-state index is 0.110. The number of carbonyl (C=O) groups is 3. The third kappa shape index (κ3) is 2.73. The zero-order chi connectivity index (χ0) is 19.0. The van der Waals surface area contributed by atoms with E-state index in [2.05, 4.69) is 0 Å². The van der Waals surface area contributed by atoms with Gasteiger partial charge in [-0.15, -0.1) is 0 Å². The largest absolute Gasteiger partial charge is 0.507 e. The number of esters is 1. The maximum atomic E-state index is 12.9. The van der Waals surface area contributed by atoms with Crippen molar-refractivity contribution < 1.29 is 29.3 Å². The number of phenolic OH excluding ortho intramolecular Hbond substituents is 2. The van der Waals surface area contributed by atoms with E-state index in [0.717, 1.165) is 0 Å². The molecule has 0 saturated carbocycles. The van der Waals surface area contributed by atoms with E-state index in [0.29, 0.717) is 12.8 Å². The molecule has 0 radical (unpaired) electrons. The summed E-state index contributed by atoms with van der Waals surface area (Å²) in [6.45, 7) is 3.11. The summed E-state index contributed by atoms with van der Waals surface area (Å²) in [5.41, 5.74) is -0.0299. The van der Waals surface area contributed by atoms with Gasteiger partial charge in [-0.2, -0.15) is 0 Å². The van der Waals surface area contributed by atoms with Gasteiger partial charge in [0.25, 0.3) is 0 Å². The molecule has 2 N–H and O–H groups in total. The number of aromatic hydroxyl groups is 2. The van der Waals surface area contributed by atoms with Crippen molar-refractivity contribution in [2.45, 2.75) is 32.8 Å². The number of benzene rings is 2. The molecule has 0 aromatic heterocycles. The SMILES string of the molecule is CCCC(OC(C)=O)c1cc(O)c2c(c1O)C(=O)c1ccccc1C2=O. The molecule has 6 nitrogen and oxygen atoms in total. The van der Waals surface area contributed by atoms with Crippen LogP contribution in [0, 0.1) is 0 Å². The zero-order valence-corrected chi connectivity index (χ0v) is 14.4. The second-order valence-electron chi connectivity index (χ2n) is 6.17. The van der Waals surface area contributed by atoms with E-state index >= 15 is 0 Å². The summed E-state index contributed by atoms with van der Waals surface area (Å²) in [5.74, 6) is -2.50. The van der Waals surface area contributed by atoms with E-state index in [1.165, 1.54) is 25.1 Å². The lowest BCUT2D eigenvalue weighted by Gasteiger charge is -2.24. The highest BCUT2D eigenvalue weighted by Gasteiger charge is 2.36. The first kappa shape index (κ1) is 17.7. The minimum Gasteiger partial charge on any atom is -0.507 e. The Kier molecular flexibility index (Phi) is 4.50. The minimum atomic E-state index is -0.825. The highest BCUT2D eigenvalue weighted by molar-refractivity contribution is 6.30. The van der Waals surface area contributed by atoms with Crippen LogP contribution in [0.3, 0.4) is 0 Å². The van der Waals surface area contributed by atoms with Crippen molar-refractivity contribution in [3.63, 3.8) is 0 Å². The van der Waals surface area contributed by atoms with Gasteiger partial charge in [-0.25, -0.2) is 0 Å². The average molecular weight is 354 g/mol. The number of ketones is 2. The molecular formula is C20H18O6. The first-order valence-corrected chi connectivity index (χ1v) is 8.31. The van der Waals surface area contributed by atoms with Crippen LogP contribution < -0.4 is 0 Å². The van der Waals surface area contributed by atoms with E-state index in [-0.39, 0.29) is 27.8 Å². The molecule has 0 bridgehead atoms. The Hall–Kier alpha value is -3.15. The predicted octanol–water partition coefficient (Wildman–Crippen LogP) is 3.28. The van der Waals surface area contributed by atoms with Crippen LogP contribution in [0.1, 0.15) is 70.2 Å². The van der Waals surface area contributed by atoms with Crippen molar-refractivity contribution in [1.82, 2.24) is 0 Å². The zero-order valence-electron chi connectivity index (χ0n) is 14.4. The first-order valence-electron chi connectivity index (χ1n) is 8.31. The monoisotopic (exact) mass is 354 g/mol. The fourth-order valence-corrected chi connectivity index (χ4v) is 3.26. The maximum Gasteiger partial charge on any atom is 0.303 e.